The van der Waals surface area contributed by atoms with E-state index in [4.69, 9.17) is 4.42 Å². The van der Waals surface area contributed by atoms with Crippen molar-refractivity contribution in [3.8, 4) is 11.5 Å². The highest BCUT2D eigenvalue weighted by atomic mass is 19.1. The molecule has 1 aromatic carbocycles. The zero-order chi connectivity index (χ0) is 14.7. The molecule has 6 heteroatoms. The van der Waals surface area contributed by atoms with E-state index in [9.17, 15) is 8.78 Å². The number of hydrogen-bond acceptors (Lipinski definition) is 4. The summed E-state index contributed by atoms with van der Waals surface area (Å²) >= 11 is 0. The van der Waals surface area contributed by atoms with E-state index >= 15 is 0 Å². The maximum atomic E-state index is 13.7. The molecule has 1 N–H and O–H groups in total. The second kappa shape index (κ2) is 6.09. The Hall–Kier alpha value is -1.82. The van der Waals surface area contributed by atoms with E-state index in [0.29, 0.717) is 11.5 Å². The van der Waals surface area contributed by atoms with Gasteiger partial charge in [0.25, 0.3) is 5.89 Å². The summed E-state index contributed by atoms with van der Waals surface area (Å²) in [5.74, 6) is -0.859. The van der Waals surface area contributed by atoms with Crippen LogP contribution in [0.15, 0.2) is 16.5 Å². The molecule has 0 spiro atoms. The molecule has 2 aromatic rings. The molecule has 0 bridgehead atoms. The molecule has 1 unspecified atom stereocenters. The van der Waals surface area contributed by atoms with Crippen LogP contribution in [0.4, 0.5) is 8.78 Å². The summed E-state index contributed by atoms with van der Waals surface area (Å²) in [7, 11) is 0. The Balaban J connectivity index is 2.27. The maximum absolute atomic E-state index is 13.7. The minimum absolute atomic E-state index is 0.0609. The van der Waals surface area contributed by atoms with Gasteiger partial charge in [0.2, 0.25) is 5.89 Å². The van der Waals surface area contributed by atoms with Gasteiger partial charge in [-0.2, -0.15) is 0 Å². The third-order valence-electron chi connectivity index (χ3n) is 2.99. The molecule has 108 valence electrons. The van der Waals surface area contributed by atoms with Crippen LogP contribution in [-0.4, -0.2) is 16.7 Å². The quantitative estimate of drug-likeness (QED) is 0.912. The molecule has 0 saturated carbocycles. The molecule has 20 heavy (non-hydrogen) atoms. The van der Waals surface area contributed by atoms with Crippen molar-refractivity contribution >= 4 is 0 Å². The van der Waals surface area contributed by atoms with Gasteiger partial charge in [0.15, 0.2) is 0 Å². The van der Waals surface area contributed by atoms with Crippen LogP contribution in [0.3, 0.4) is 0 Å². The largest absolute Gasteiger partial charge is 0.419 e. The molecule has 0 aliphatic rings. The Labute approximate surface area is 116 Å². The number of halogens is 2. The van der Waals surface area contributed by atoms with Crippen LogP contribution >= 0.6 is 0 Å². The highest BCUT2D eigenvalue weighted by molar-refractivity contribution is 5.55. The third-order valence-corrected chi connectivity index (χ3v) is 2.99. The van der Waals surface area contributed by atoms with Crippen molar-refractivity contribution in [2.75, 3.05) is 6.54 Å². The van der Waals surface area contributed by atoms with E-state index in [1.807, 2.05) is 6.92 Å². The van der Waals surface area contributed by atoms with Gasteiger partial charge >= 0.3 is 0 Å². The third kappa shape index (κ3) is 3.01. The zero-order valence-electron chi connectivity index (χ0n) is 11.7. The molecular weight excluding hydrogens is 264 g/mol. The summed E-state index contributed by atoms with van der Waals surface area (Å²) in [5.41, 5.74) is 0.448. The fourth-order valence-corrected chi connectivity index (χ4v) is 1.79. The molecule has 0 aliphatic heterocycles. The van der Waals surface area contributed by atoms with Crippen molar-refractivity contribution in [1.29, 1.82) is 0 Å². The summed E-state index contributed by atoms with van der Waals surface area (Å²) in [5, 5.41) is 10.9. The van der Waals surface area contributed by atoms with Crippen molar-refractivity contribution < 1.29 is 13.2 Å². The summed E-state index contributed by atoms with van der Waals surface area (Å²) < 4.78 is 32.4. The first-order valence-corrected chi connectivity index (χ1v) is 6.55. The Kier molecular flexibility index (Phi) is 4.44. The van der Waals surface area contributed by atoms with Crippen molar-refractivity contribution in [1.82, 2.24) is 15.5 Å². The average Bonchev–Trinajstić information content (AvgIpc) is 2.89. The first-order valence-electron chi connectivity index (χ1n) is 6.55. The van der Waals surface area contributed by atoms with E-state index < -0.39 is 11.6 Å². The van der Waals surface area contributed by atoms with Gasteiger partial charge in [-0.3, -0.25) is 0 Å². The first-order chi connectivity index (χ1) is 9.52. The minimum Gasteiger partial charge on any atom is -0.419 e. The molecule has 0 saturated heterocycles. The molecule has 0 amide bonds. The number of nitrogens with one attached hydrogen (secondary N) is 1. The van der Waals surface area contributed by atoms with Gasteiger partial charge in [-0.05, 0) is 38.4 Å². The number of nitrogens with zero attached hydrogens (tertiary/aromatic N) is 2. The number of hydrogen-bond donors (Lipinski definition) is 1. The Bertz CT molecular complexity index is 598. The summed E-state index contributed by atoms with van der Waals surface area (Å²) in [4.78, 5) is 0. The highest BCUT2D eigenvalue weighted by Crippen LogP contribution is 2.25. The standard InChI is InChI=1S/C14H17F2N3O/c1-4-5-17-9(3)13-18-19-14(20-13)10-6-8(2)11(15)7-12(10)16/h6-7,9,17H,4-5H2,1-3H3. The van der Waals surface area contributed by atoms with Crippen LogP contribution < -0.4 is 5.32 Å². The smallest absolute Gasteiger partial charge is 0.250 e. The van der Waals surface area contributed by atoms with E-state index in [0.717, 1.165) is 19.0 Å². The summed E-state index contributed by atoms with van der Waals surface area (Å²) in [6, 6.07) is 2.08. The number of rotatable bonds is 5. The number of aryl methyl sites for hydroxylation is 1. The van der Waals surface area contributed by atoms with Crippen LogP contribution in [0.5, 0.6) is 0 Å². The first kappa shape index (κ1) is 14.6. The number of benzene rings is 1. The van der Waals surface area contributed by atoms with E-state index in [1.54, 1.807) is 6.92 Å². The molecule has 0 radical (unpaired) electrons. The Morgan fingerprint density at radius 3 is 2.70 bits per heavy atom. The molecule has 1 aromatic heterocycles. The summed E-state index contributed by atoms with van der Waals surface area (Å²) in [6.45, 7) is 6.32. The van der Waals surface area contributed by atoms with Crippen LogP contribution in [-0.2, 0) is 0 Å². The lowest BCUT2D eigenvalue weighted by Crippen LogP contribution is -2.19. The lowest BCUT2D eigenvalue weighted by molar-refractivity contribution is 0.421. The Morgan fingerprint density at radius 2 is 2.00 bits per heavy atom. The van der Waals surface area contributed by atoms with E-state index in [1.165, 1.54) is 6.07 Å². The van der Waals surface area contributed by atoms with Crippen molar-refractivity contribution in [3.63, 3.8) is 0 Å². The highest BCUT2D eigenvalue weighted by Gasteiger charge is 2.18. The molecule has 1 atom stereocenters. The van der Waals surface area contributed by atoms with Gasteiger partial charge in [0, 0.05) is 6.07 Å². The molecular formula is C14H17F2N3O. The van der Waals surface area contributed by atoms with Crippen molar-refractivity contribution in [2.24, 2.45) is 0 Å². The maximum Gasteiger partial charge on any atom is 0.250 e. The molecule has 2 rings (SSSR count). The normalized spacial score (nSPS) is 12.7. The summed E-state index contributed by atoms with van der Waals surface area (Å²) in [6.07, 6.45) is 0.983. The van der Waals surface area contributed by atoms with Crippen LogP contribution in [0.1, 0.15) is 37.8 Å². The van der Waals surface area contributed by atoms with Crippen molar-refractivity contribution in [3.05, 3.63) is 35.2 Å². The second-order valence-corrected chi connectivity index (χ2v) is 4.70. The van der Waals surface area contributed by atoms with Gasteiger partial charge in [0.1, 0.15) is 11.6 Å². The van der Waals surface area contributed by atoms with E-state index in [-0.39, 0.29) is 17.5 Å². The molecule has 0 aliphatic carbocycles. The lowest BCUT2D eigenvalue weighted by Gasteiger charge is -2.07. The predicted molar refractivity (Wildman–Crippen MR) is 71.1 cm³/mol. The van der Waals surface area contributed by atoms with Crippen LogP contribution in [0, 0.1) is 18.6 Å². The van der Waals surface area contributed by atoms with Crippen LogP contribution in [0.25, 0.3) is 11.5 Å². The van der Waals surface area contributed by atoms with Gasteiger partial charge in [0.05, 0.1) is 11.6 Å². The second-order valence-electron chi connectivity index (χ2n) is 4.70. The number of aromatic nitrogens is 2. The Morgan fingerprint density at radius 1 is 1.25 bits per heavy atom. The monoisotopic (exact) mass is 281 g/mol. The predicted octanol–water partition coefficient (Wildman–Crippen LogP) is 3.38. The molecule has 4 nitrogen and oxygen atoms in total. The van der Waals surface area contributed by atoms with Gasteiger partial charge in [-0.15, -0.1) is 10.2 Å². The molecule has 1 heterocycles. The van der Waals surface area contributed by atoms with Gasteiger partial charge in [-0.1, -0.05) is 6.92 Å². The van der Waals surface area contributed by atoms with Gasteiger partial charge in [-0.25, -0.2) is 8.78 Å². The fraction of sp³-hybridized carbons (Fsp3) is 0.429. The topological polar surface area (TPSA) is 51.0 Å². The van der Waals surface area contributed by atoms with Crippen LogP contribution in [0.2, 0.25) is 0 Å². The fourth-order valence-electron chi connectivity index (χ4n) is 1.79. The lowest BCUT2D eigenvalue weighted by atomic mass is 10.1. The van der Waals surface area contributed by atoms with Gasteiger partial charge < -0.3 is 9.73 Å². The minimum atomic E-state index is -0.711. The van der Waals surface area contributed by atoms with Crippen molar-refractivity contribution in [2.45, 2.75) is 33.2 Å². The average molecular weight is 281 g/mol. The SMILES string of the molecule is CCCNC(C)c1nnc(-c2cc(C)c(F)cc2F)o1. The molecule has 0 fully saturated rings. The zero-order valence-corrected chi connectivity index (χ0v) is 11.7. The van der Waals surface area contributed by atoms with E-state index in [2.05, 4.69) is 22.4 Å².